The summed E-state index contributed by atoms with van der Waals surface area (Å²) in [5.41, 5.74) is 1.37. The first-order chi connectivity index (χ1) is 14.9. The highest BCUT2D eigenvalue weighted by atomic mass is 35.5. The van der Waals surface area contributed by atoms with Gasteiger partial charge in [0.05, 0.1) is 10.7 Å². The first-order valence-electron chi connectivity index (χ1n) is 9.67. The summed E-state index contributed by atoms with van der Waals surface area (Å²) in [7, 11) is 0. The molecule has 1 atom stereocenters. The van der Waals surface area contributed by atoms with Crippen LogP contribution < -0.4 is 5.32 Å². The number of halogens is 1. The molecule has 31 heavy (non-hydrogen) atoms. The topological polar surface area (TPSA) is 112 Å². The largest absolute Gasteiger partial charge is 0.337 e. The maximum Gasteiger partial charge on any atom is 0.291 e. The third kappa shape index (κ3) is 4.31. The van der Waals surface area contributed by atoms with Gasteiger partial charge < -0.3 is 9.84 Å². The Kier molecular flexibility index (Phi) is 5.77. The molecular weight excluding hydrogens is 418 g/mol. The monoisotopic (exact) mass is 437 g/mol. The van der Waals surface area contributed by atoms with Crippen LogP contribution in [0.25, 0.3) is 17.1 Å². The van der Waals surface area contributed by atoms with Crippen molar-refractivity contribution in [2.45, 2.75) is 26.8 Å². The number of hydrogen-bond acceptors (Lipinski definition) is 7. The summed E-state index contributed by atoms with van der Waals surface area (Å²) in [5.74, 6) is 0.794. The molecule has 0 aliphatic rings. The van der Waals surface area contributed by atoms with Gasteiger partial charge in [-0.05, 0) is 37.1 Å². The normalized spacial score (nSPS) is 12.2. The van der Waals surface area contributed by atoms with Crippen LogP contribution in [-0.4, -0.2) is 35.8 Å². The fourth-order valence-corrected chi connectivity index (χ4v) is 3.25. The molecule has 4 rings (SSSR count). The Balaban J connectivity index is 1.57. The number of nitrogens with zero attached hydrogens (tertiary/aromatic N) is 6. The number of carbonyl (C=O) groups excluding carboxylic acids is 1. The highest BCUT2D eigenvalue weighted by molar-refractivity contribution is 6.32. The highest BCUT2D eigenvalue weighted by Crippen LogP contribution is 2.24. The van der Waals surface area contributed by atoms with E-state index in [0.29, 0.717) is 28.2 Å². The Hall–Kier alpha value is -3.59. The van der Waals surface area contributed by atoms with Gasteiger partial charge in [0.25, 0.3) is 5.91 Å². The van der Waals surface area contributed by atoms with Crippen LogP contribution in [0.2, 0.25) is 5.02 Å². The molecule has 0 fully saturated rings. The van der Waals surface area contributed by atoms with Gasteiger partial charge in [-0.1, -0.05) is 42.7 Å². The van der Waals surface area contributed by atoms with Crippen LogP contribution in [0, 0.1) is 12.8 Å². The molecule has 1 aromatic carbocycles. The molecule has 3 aromatic heterocycles. The van der Waals surface area contributed by atoms with E-state index in [1.807, 2.05) is 32.0 Å². The maximum absolute atomic E-state index is 12.9. The van der Waals surface area contributed by atoms with Crippen LogP contribution in [0.3, 0.4) is 0 Å². The molecule has 1 amide bonds. The van der Waals surface area contributed by atoms with Gasteiger partial charge in [0.2, 0.25) is 17.5 Å². The van der Waals surface area contributed by atoms with Gasteiger partial charge in [-0.2, -0.15) is 4.98 Å². The fraction of sp³-hybridized carbons (Fsp3) is 0.238. The summed E-state index contributed by atoms with van der Waals surface area (Å²) in [6.45, 7) is 5.64. The van der Waals surface area contributed by atoms with Crippen LogP contribution in [0.15, 0.2) is 53.3 Å². The van der Waals surface area contributed by atoms with Gasteiger partial charge >= 0.3 is 0 Å². The van der Waals surface area contributed by atoms with E-state index < -0.39 is 11.9 Å². The molecular formula is C21H20ClN7O2. The zero-order valence-electron chi connectivity index (χ0n) is 17.2. The van der Waals surface area contributed by atoms with Gasteiger partial charge in [0, 0.05) is 18.0 Å². The van der Waals surface area contributed by atoms with Gasteiger partial charge in [0.1, 0.15) is 11.9 Å². The molecule has 9 nitrogen and oxygen atoms in total. The molecule has 0 saturated carbocycles. The summed E-state index contributed by atoms with van der Waals surface area (Å²) in [6, 6.07) is 10.3. The fourth-order valence-electron chi connectivity index (χ4n) is 3.03. The SMILES string of the molecule is Cc1nc(C(=O)NC(c2nc(-c3cccnc3)no2)C(C)C)nn1-c1ccccc1Cl. The number of aryl methyl sites for hydroxylation is 1. The summed E-state index contributed by atoms with van der Waals surface area (Å²) >= 11 is 6.26. The second-order valence-electron chi connectivity index (χ2n) is 7.24. The van der Waals surface area contributed by atoms with Crippen molar-refractivity contribution in [3.8, 4) is 17.1 Å². The lowest BCUT2D eigenvalue weighted by molar-refractivity contribution is 0.0903. The van der Waals surface area contributed by atoms with Gasteiger partial charge in [-0.25, -0.2) is 9.67 Å². The van der Waals surface area contributed by atoms with E-state index in [0.717, 1.165) is 5.56 Å². The Morgan fingerprint density at radius 1 is 1.16 bits per heavy atom. The summed E-state index contributed by atoms with van der Waals surface area (Å²) < 4.78 is 6.96. The minimum Gasteiger partial charge on any atom is -0.337 e. The number of aromatic nitrogens is 6. The van der Waals surface area contributed by atoms with E-state index in [1.54, 1.807) is 37.5 Å². The van der Waals surface area contributed by atoms with Crippen LogP contribution >= 0.6 is 11.6 Å². The molecule has 10 heteroatoms. The van der Waals surface area contributed by atoms with Crippen LogP contribution in [0.4, 0.5) is 0 Å². The van der Waals surface area contributed by atoms with Gasteiger partial charge in [-0.3, -0.25) is 9.78 Å². The Labute approximate surface area is 183 Å². The highest BCUT2D eigenvalue weighted by Gasteiger charge is 2.27. The van der Waals surface area contributed by atoms with E-state index in [4.69, 9.17) is 16.1 Å². The zero-order valence-corrected chi connectivity index (χ0v) is 17.9. The van der Waals surface area contributed by atoms with E-state index in [9.17, 15) is 4.79 Å². The molecule has 0 bridgehead atoms. The number of rotatable bonds is 6. The van der Waals surface area contributed by atoms with Crippen molar-refractivity contribution < 1.29 is 9.32 Å². The molecule has 158 valence electrons. The number of amides is 1. The first kappa shape index (κ1) is 20.7. The predicted octanol–water partition coefficient (Wildman–Crippen LogP) is 3.80. The molecule has 0 aliphatic heterocycles. The van der Waals surface area contributed by atoms with Crippen LogP contribution in [0.1, 0.15) is 42.2 Å². The van der Waals surface area contributed by atoms with Crippen LogP contribution in [-0.2, 0) is 0 Å². The van der Waals surface area contributed by atoms with Crippen LogP contribution in [0.5, 0.6) is 0 Å². The standard InChI is InChI=1S/C21H20ClN7O2/c1-12(2)17(21-26-18(28-31-21)14-7-6-10-23-11-14)25-20(30)19-24-13(3)29(27-19)16-9-5-4-8-15(16)22/h4-12,17H,1-3H3,(H,25,30). The third-order valence-electron chi connectivity index (χ3n) is 4.63. The minimum atomic E-state index is -0.516. The predicted molar refractivity (Wildman–Crippen MR) is 114 cm³/mol. The molecule has 4 aromatic rings. The average Bonchev–Trinajstić information content (AvgIpc) is 3.40. The van der Waals surface area contributed by atoms with Gasteiger partial charge in [0.15, 0.2) is 0 Å². The lowest BCUT2D eigenvalue weighted by atomic mass is 10.0. The van der Waals surface area contributed by atoms with Gasteiger partial charge in [-0.15, -0.1) is 5.10 Å². The maximum atomic E-state index is 12.9. The number of para-hydroxylation sites is 1. The van der Waals surface area contributed by atoms with Crippen molar-refractivity contribution in [3.63, 3.8) is 0 Å². The Bertz CT molecular complexity index is 1200. The zero-order chi connectivity index (χ0) is 22.0. The second-order valence-corrected chi connectivity index (χ2v) is 7.65. The smallest absolute Gasteiger partial charge is 0.291 e. The lowest BCUT2D eigenvalue weighted by Crippen LogP contribution is -2.32. The Morgan fingerprint density at radius 3 is 2.68 bits per heavy atom. The van der Waals surface area contributed by atoms with E-state index >= 15 is 0 Å². The summed E-state index contributed by atoms with van der Waals surface area (Å²) in [6.07, 6.45) is 3.31. The van der Waals surface area contributed by atoms with Crippen molar-refractivity contribution in [2.75, 3.05) is 0 Å². The van der Waals surface area contributed by atoms with Crippen molar-refractivity contribution in [1.29, 1.82) is 0 Å². The van der Waals surface area contributed by atoms with E-state index in [2.05, 4.69) is 30.5 Å². The summed E-state index contributed by atoms with van der Waals surface area (Å²) in [4.78, 5) is 25.7. The number of benzene rings is 1. The lowest BCUT2D eigenvalue weighted by Gasteiger charge is -2.17. The minimum absolute atomic E-state index is 0.0158. The van der Waals surface area contributed by atoms with Crippen molar-refractivity contribution in [1.82, 2.24) is 35.2 Å². The quantitative estimate of drug-likeness (QED) is 0.488. The summed E-state index contributed by atoms with van der Waals surface area (Å²) in [5, 5.41) is 11.8. The molecule has 1 unspecified atom stereocenters. The molecule has 3 heterocycles. The van der Waals surface area contributed by atoms with E-state index in [-0.39, 0.29) is 11.7 Å². The molecule has 1 N–H and O–H groups in total. The molecule has 0 spiro atoms. The molecule has 0 aliphatic carbocycles. The average molecular weight is 438 g/mol. The molecule has 0 saturated heterocycles. The first-order valence-corrected chi connectivity index (χ1v) is 10.0. The second kappa shape index (κ2) is 8.65. The van der Waals surface area contributed by atoms with Crippen molar-refractivity contribution in [3.05, 3.63) is 71.4 Å². The van der Waals surface area contributed by atoms with E-state index in [1.165, 1.54) is 4.68 Å². The number of hydrogen-bond donors (Lipinski definition) is 1. The number of nitrogens with one attached hydrogen (secondary N) is 1. The Morgan fingerprint density at radius 2 is 1.97 bits per heavy atom. The number of carbonyl (C=O) groups is 1. The van der Waals surface area contributed by atoms with Crippen molar-refractivity contribution >= 4 is 17.5 Å². The number of pyridine rings is 1. The van der Waals surface area contributed by atoms with Crippen molar-refractivity contribution in [2.24, 2.45) is 5.92 Å². The molecule has 0 radical (unpaired) electrons. The third-order valence-corrected chi connectivity index (χ3v) is 4.95.